The van der Waals surface area contributed by atoms with E-state index in [4.69, 9.17) is 10.8 Å². The fraction of sp³-hybridized carbons (Fsp3) is 0. The SMILES string of the molecule is Nc1ncc2nc(C(=O)O)cnc2n1. The lowest BCUT2D eigenvalue weighted by Crippen LogP contribution is -2.03. The second kappa shape index (κ2) is 2.87. The molecule has 0 unspecified atom stereocenters. The van der Waals surface area contributed by atoms with Gasteiger partial charge in [0.1, 0.15) is 5.52 Å². The molecule has 0 fully saturated rings. The molecule has 0 radical (unpaired) electrons. The lowest BCUT2D eigenvalue weighted by atomic mass is 10.4. The van der Waals surface area contributed by atoms with Crippen molar-refractivity contribution in [1.29, 1.82) is 0 Å². The zero-order chi connectivity index (χ0) is 10.1. The van der Waals surface area contributed by atoms with Gasteiger partial charge in [-0.2, -0.15) is 4.98 Å². The van der Waals surface area contributed by atoms with E-state index in [2.05, 4.69) is 19.9 Å². The summed E-state index contributed by atoms with van der Waals surface area (Å²) in [7, 11) is 0. The molecule has 2 aromatic heterocycles. The molecule has 0 aliphatic carbocycles. The lowest BCUT2D eigenvalue weighted by molar-refractivity contribution is 0.0690. The molecule has 0 atom stereocenters. The molecule has 70 valence electrons. The van der Waals surface area contributed by atoms with Crippen LogP contribution in [0.4, 0.5) is 5.95 Å². The number of hydrogen-bond donors (Lipinski definition) is 2. The normalized spacial score (nSPS) is 10.3. The first-order chi connectivity index (χ1) is 6.66. The number of nitrogens with zero attached hydrogens (tertiary/aromatic N) is 4. The van der Waals surface area contributed by atoms with Crippen LogP contribution in [-0.4, -0.2) is 31.0 Å². The van der Waals surface area contributed by atoms with Gasteiger partial charge in [0, 0.05) is 0 Å². The summed E-state index contributed by atoms with van der Waals surface area (Å²) in [6.45, 7) is 0. The van der Waals surface area contributed by atoms with Crippen molar-refractivity contribution in [3.63, 3.8) is 0 Å². The Hall–Kier alpha value is -2.31. The predicted octanol–water partition coefficient (Wildman–Crippen LogP) is -0.300. The summed E-state index contributed by atoms with van der Waals surface area (Å²) in [5.74, 6) is -1.06. The van der Waals surface area contributed by atoms with Crippen LogP contribution in [0.25, 0.3) is 11.2 Å². The van der Waals surface area contributed by atoms with E-state index < -0.39 is 5.97 Å². The van der Waals surface area contributed by atoms with E-state index in [0.29, 0.717) is 5.52 Å². The number of aromatic nitrogens is 4. The van der Waals surface area contributed by atoms with Gasteiger partial charge in [0.05, 0.1) is 12.4 Å². The molecule has 2 heterocycles. The molecule has 3 N–H and O–H groups in total. The molecule has 7 heteroatoms. The first-order valence-corrected chi connectivity index (χ1v) is 3.65. The molecule has 0 aromatic carbocycles. The van der Waals surface area contributed by atoms with Gasteiger partial charge in [-0.3, -0.25) is 0 Å². The zero-order valence-corrected chi connectivity index (χ0v) is 6.88. The maximum absolute atomic E-state index is 10.5. The Bertz CT molecular complexity index is 512. The highest BCUT2D eigenvalue weighted by atomic mass is 16.4. The van der Waals surface area contributed by atoms with Gasteiger partial charge in [-0.15, -0.1) is 0 Å². The molecular formula is C7H5N5O2. The van der Waals surface area contributed by atoms with Gasteiger partial charge in [-0.1, -0.05) is 0 Å². The minimum absolute atomic E-state index is 0.0786. The molecule has 0 saturated carbocycles. The highest BCUT2D eigenvalue weighted by Gasteiger charge is 2.07. The van der Waals surface area contributed by atoms with Gasteiger partial charge in [-0.25, -0.2) is 19.7 Å². The van der Waals surface area contributed by atoms with Crippen LogP contribution in [0.2, 0.25) is 0 Å². The summed E-state index contributed by atoms with van der Waals surface area (Å²) in [6.07, 6.45) is 2.45. The Morgan fingerprint density at radius 1 is 1.29 bits per heavy atom. The number of anilines is 1. The van der Waals surface area contributed by atoms with Crippen LogP contribution in [0, 0.1) is 0 Å². The Labute approximate surface area is 77.7 Å². The summed E-state index contributed by atoms with van der Waals surface area (Å²) < 4.78 is 0. The lowest BCUT2D eigenvalue weighted by Gasteiger charge is -1.97. The number of carboxylic acid groups (broad SMARTS) is 1. The molecule has 2 aromatic rings. The van der Waals surface area contributed by atoms with E-state index in [9.17, 15) is 4.79 Å². The van der Waals surface area contributed by atoms with Crippen LogP contribution in [0.1, 0.15) is 10.5 Å². The van der Waals surface area contributed by atoms with Crippen LogP contribution in [0.5, 0.6) is 0 Å². The Kier molecular flexibility index (Phi) is 1.70. The topological polar surface area (TPSA) is 115 Å². The quantitative estimate of drug-likeness (QED) is 0.635. The molecule has 0 amide bonds. The molecule has 0 aliphatic rings. The Morgan fingerprint density at radius 3 is 2.79 bits per heavy atom. The average Bonchev–Trinajstić information content (AvgIpc) is 2.16. The number of hydrogen-bond acceptors (Lipinski definition) is 6. The Morgan fingerprint density at radius 2 is 2.07 bits per heavy atom. The van der Waals surface area contributed by atoms with Gasteiger partial charge in [0.2, 0.25) is 5.95 Å². The van der Waals surface area contributed by atoms with Crippen molar-refractivity contribution in [2.75, 3.05) is 5.73 Å². The minimum Gasteiger partial charge on any atom is -0.476 e. The number of nitrogens with two attached hydrogens (primary N) is 1. The van der Waals surface area contributed by atoms with Crippen molar-refractivity contribution >= 4 is 23.1 Å². The maximum atomic E-state index is 10.5. The van der Waals surface area contributed by atoms with Crippen molar-refractivity contribution in [3.05, 3.63) is 18.1 Å². The molecule has 0 bridgehead atoms. The van der Waals surface area contributed by atoms with Gasteiger partial charge in [-0.05, 0) is 0 Å². The smallest absolute Gasteiger partial charge is 0.356 e. The van der Waals surface area contributed by atoms with Crippen LogP contribution in [0.3, 0.4) is 0 Å². The largest absolute Gasteiger partial charge is 0.476 e. The van der Waals surface area contributed by atoms with Crippen LogP contribution in [-0.2, 0) is 0 Å². The molecule has 7 nitrogen and oxygen atoms in total. The van der Waals surface area contributed by atoms with E-state index in [1.165, 1.54) is 6.20 Å². The second-order valence-corrected chi connectivity index (χ2v) is 2.50. The van der Waals surface area contributed by atoms with Crippen molar-refractivity contribution in [2.24, 2.45) is 0 Å². The first-order valence-electron chi connectivity index (χ1n) is 3.65. The van der Waals surface area contributed by atoms with E-state index in [1.807, 2.05) is 0 Å². The van der Waals surface area contributed by atoms with Crippen molar-refractivity contribution in [2.45, 2.75) is 0 Å². The minimum atomic E-state index is -1.14. The van der Waals surface area contributed by atoms with E-state index >= 15 is 0 Å². The van der Waals surface area contributed by atoms with Crippen LogP contribution in [0.15, 0.2) is 12.4 Å². The predicted molar refractivity (Wildman–Crippen MR) is 46.5 cm³/mol. The molecule has 0 aliphatic heterocycles. The van der Waals surface area contributed by atoms with Crippen LogP contribution >= 0.6 is 0 Å². The highest BCUT2D eigenvalue weighted by molar-refractivity contribution is 5.87. The fourth-order valence-electron chi connectivity index (χ4n) is 0.937. The summed E-state index contributed by atoms with van der Waals surface area (Å²) in [5.41, 5.74) is 5.75. The van der Waals surface area contributed by atoms with Gasteiger partial charge in [0.15, 0.2) is 11.3 Å². The number of carbonyl (C=O) groups is 1. The van der Waals surface area contributed by atoms with E-state index in [0.717, 1.165) is 6.20 Å². The molecule has 14 heavy (non-hydrogen) atoms. The molecule has 0 saturated heterocycles. The Balaban J connectivity index is 2.67. The summed E-state index contributed by atoms with van der Waals surface area (Å²) >= 11 is 0. The van der Waals surface area contributed by atoms with Crippen molar-refractivity contribution in [1.82, 2.24) is 19.9 Å². The zero-order valence-electron chi connectivity index (χ0n) is 6.88. The van der Waals surface area contributed by atoms with Crippen molar-refractivity contribution < 1.29 is 9.90 Å². The molecule has 2 rings (SSSR count). The second-order valence-electron chi connectivity index (χ2n) is 2.50. The van der Waals surface area contributed by atoms with Gasteiger partial charge < -0.3 is 10.8 Å². The number of aromatic carboxylic acids is 1. The number of fused-ring (bicyclic) bond motifs is 1. The summed E-state index contributed by atoms with van der Waals surface area (Å²) in [4.78, 5) is 25.6. The third-order valence-corrected chi connectivity index (χ3v) is 1.54. The van der Waals surface area contributed by atoms with Gasteiger partial charge in [0.25, 0.3) is 0 Å². The van der Waals surface area contributed by atoms with Crippen molar-refractivity contribution in [3.8, 4) is 0 Å². The average molecular weight is 191 g/mol. The van der Waals surface area contributed by atoms with E-state index in [1.54, 1.807) is 0 Å². The highest BCUT2D eigenvalue weighted by Crippen LogP contribution is 2.06. The maximum Gasteiger partial charge on any atom is 0.356 e. The number of rotatable bonds is 1. The monoisotopic (exact) mass is 191 g/mol. The molecular weight excluding hydrogens is 186 g/mol. The standard InChI is InChI=1S/C7H5N5O2/c8-7-10-1-3-5(12-7)9-2-4(11-3)6(13)14/h1-2H,(H,13,14)(H2,8,9,10,12). The number of carboxylic acids is 1. The summed E-state index contributed by atoms with van der Waals surface area (Å²) in [5, 5.41) is 8.63. The van der Waals surface area contributed by atoms with Gasteiger partial charge >= 0.3 is 5.97 Å². The molecule has 0 spiro atoms. The summed E-state index contributed by atoms with van der Waals surface area (Å²) in [6, 6.07) is 0. The van der Waals surface area contributed by atoms with E-state index in [-0.39, 0.29) is 17.3 Å². The third-order valence-electron chi connectivity index (χ3n) is 1.54. The fourth-order valence-corrected chi connectivity index (χ4v) is 0.937. The first kappa shape index (κ1) is 8.30. The third kappa shape index (κ3) is 1.30. The van der Waals surface area contributed by atoms with Crippen LogP contribution < -0.4 is 5.73 Å². The number of nitrogen functional groups attached to an aromatic ring is 1.